The van der Waals surface area contributed by atoms with Gasteiger partial charge in [0.05, 0.1) is 0 Å². The Morgan fingerprint density at radius 3 is 2.33 bits per heavy atom. The number of benzene rings is 2. The molecule has 0 saturated carbocycles. The third kappa shape index (κ3) is 6.04. The Morgan fingerprint density at radius 2 is 1.67 bits per heavy atom. The van der Waals surface area contributed by atoms with Crippen LogP contribution in [0, 0.1) is 11.8 Å². The SMILES string of the molecule is CCCC[Se]/C(C#Cc1ccccc1)=C\c1ccccc1. The van der Waals surface area contributed by atoms with Crippen molar-refractivity contribution in [2.45, 2.75) is 25.1 Å². The second-order valence-corrected chi connectivity index (χ2v) is 7.12. The summed E-state index contributed by atoms with van der Waals surface area (Å²) in [7, 11) is 0. The second kappa shape index (κ2) is 9.24. The van der Waals surface area contributed by atoms with Crippen molar-refractivity contribution in [2.75, 3.05) is 0 Å². The van der Waals surface area contributed by atoms with Crippen LogP contribution in [0.5, 0.6) is 0 Å². The summed E-state index contributed by atoms with van der Waals surface area (Å²) in [5.74, 6) is 6.67. The quantitative estimate of drug-likeness (QED) is 0.408. The molecule has 0 spiro atoms. The molecule has 21 heavy (non-hydrogen) atoms. The molecular weight excluding hydrogens is 319 g/mol. The number of hydrogen-bond donors (Lipinski definition) is 0. The minimum absolute atomic E-state index is 0.466. The molecule has 0 saturated heterocycles. The van der Waals surface area contributed by atoms with Crippen molar-refractivity contribution in [1.29, 1.82) is 0 Å². The molecule has 0 aliphatic carbocycles. The van der Waals surface area contributed by atoms with E-state index < -0.39 is 0 Å². The van der Waals surface area contributed by atoms with Gasteiger partial charge in [0.1, 0.15) is 0 Å². The van der Waals surface area contributed by atoms with E-state index in [2.05, 4.69) is 67.3 Å². The topological polar surface area (TPSA) is 0 Å². The van der Waals surface area contributed by atoms with E-state index in [1.807, 2.05) is 18.2 Å². The zero-order chi connectivity index (χ0) is 14.8. The van der Waals surface area contributed by atoms with E-state index in [1.54, 1.807) is 0 Å². The van der Waals surface area contributed by atoms with Gasteiger partial charge in [0.25, 0.3) is 0 Å². The number of rotatable bonds is 5. The number of allylic oxidation sites excluding steroid dienone is 1. The fourth-order valence-electron chi connectivity index (χ4n) is 1.80. The summed E-state index contributed by atoms with van der Waals surface area (Å²) in [5.41, 5.74) is 2.33. The first-order valence-corrected chi connectivity index (χ1v) is 9.42. The van der Waals surface area contributed by atoms with E-state index in [0.717, 1.165) is 5.56 Å². The van der Waals surface area contributed by atoms with Crippen LogP contribution in [0.4, 0.5) is 0 Å². The van der Waals surface area contributed by atoms with Crippen LogP contribution in [0.15, 0.2) is 65.1 Å². The first-order valence-electron chi connectivity index (χ1n) is 7.35. The van der Waals surface area contributed by atoms with Crippen molar-refractivity contribution in [3.05, 3.63) is 76.3 Å². The first kappa shape index (κ1) is 15.6. The molecule has 0 amide bonds. The van der Waals surface area contributed by atoms with Crippen molar-refractivity contribution in [1.82, 2.24) is 0 Å². The van der Waals surface area contributed by atoms with Crippen LogP contribution >= 0.6 is 0 Å². The monoisotopic (exact) mass is 340 g/mol. The fourth-order valence-corrected chi connectivity index (χ4v) is 3.88. The summed E-state index contributed by atoms with van der Waals surface area (Å²) < 4.78 is 1.28. The van der Waals surface area contributed by atoms with Crippen molar-refractivity contribution >= 4 is 21.0 Å². The molecule has 0 heterocycles. The number of unbranched alkanes of at least 4 members (excludes halogenated alkanes) is 1. The average molecular weight is 339 g/mol. The van der Waals surface area contributed by atoms with Gasteiger partial charge in [-0.15, -0.1) is 0 Å². The van der Waals surface area contributed by atoms with Gasteiger partial charge in [0, 0.05) is 0 Å². The first-order chi connectivity index (χ1) is 10.4. The van der Waals surface area contributed by atoms with Gasteiger partial charge >= 0.3 is 134 Å². The molecule has 0 N–H and O–H groups in total. The molecule has 106 valence electrons. The average Bonchev–Trinajstić information content (AvgIpc) is 2.54. The Hall–Kier alpha value is -1.74. The standard InChI is InChI=1S/C20H20Se/c1-2-3-16-21-20(17-19-12-8-5-9-13-19)15-14-18-10-6-4-7-11-18/h4-13,17H,2-3,16H2,1H3/b20-17-. The van der Waals surface area contributed by atoms with E-state index in [4.69, 9.17) is 0 Å². The molecule has 0 aliphatic rings. The molecule has 0 nitrogen and oxygen atoms in total. The molecule has 0 fully saturated rings. The van der Waals surface area contributed by atoms with Crippen LogP contribution in [-0.2, 0) is 0 Å². The van der Waals surface area contributed by atoms with Gasteiger partial charge in [-0.2, -0.15) is 0 Å². The van der Waals surface area contributed by atoms with Crippen LogP contribution < -0.4 is 0 Å². The van der Waals surface area contributed by atoms with Gasteiger partial charge in [-0.05, 0) is 0 Å². The zero-order valence-electron chi connectivity index (χ0n) is 12.4. The van der Waals surface area contributed by atoms with Gasteiger partial charge in [-0.3, -0.25) is 0 Å². The summed E-state index contributed by atoms with van der Waals surface area (Å²) in [5, 5.41) is 1.27. The summed E-state index contributed by atoms with van der Waals surface area (Å²) in [6.07, 6.45) is 4.79. The third-order valence-corrected chi connectivity index (χ3v) is 5.10. The Bertz CT molecular complexity index is 615. The Labute approximate surface area is 134 Å². The molecule has 0 aliphatic heterocycles. The summed E-state index contributed by atoms with van der Waals surface area (Å²) in [6.45, 7) is 2.24. The van der Waals surface area contributed by atoms with Gasteiger partial charge < -0.3 is 0 Å². The van der Waals surface area contributed by atoms with Crippen molar-refractivity contribution in [3.8, 4) is 11.8 Å². The van der Waals surface area contributed by atoms with Crippen LogP contribution in [0.1, 0.15) is 30.9 Å². The van der Waals surface area contributed by atoms with Crippen LogP contribution in [0.3, 0.4) is 0 Å². The van der Waals surface area contributed by atoms with E-state index in [-0.39, 0.29) is 0 Å². The summed E-state index contributed by atoms with van der Waals surface area (Å²) >= 11 is 0.466. The van der Waals surface area contributed by atoms with E-state index in [1.165, 1.54) is 28.2 Å². The Balaban J connectivity index is 2.16. The van der Waals surface area contributed by atoms with Crippen LogP contribution in [0.2, 0.25) is 5.32 Å². The van der Waals surface area contributed by atoms with Gasteiger partial charge in [-0.1, -0.05) is 0 Å². The Morgan fingerprint density at radius 1 is 1.00 bits per heavy atom. The predicted molar refractivity (Wildman–Crippen MR) is 93.2 cm³/mol. The van der Waals surface area contributed by atoms with Gasteiger partial charge in [-0.25, -0.2) is 0 Å². The van der Waals surface area contributed by atoms with Crippen molar-refractivity contribution < 1.29 is 0 Å². The zero-order valence-corrected chi connectivity index (χ0v) is 14.1. The molecule has 0 aromatic heterocycles. The molecule has 1 heteroatoms. The van der Waals surface area contributed by atoms with Crippen LogP contribution in [0.25, 0.3) is 6.08 Å². The Kier molecular flexibility index (Phi) is 6.89. The van der Waals surface area contributed by atoms with E-state index >= 15 is 0 Å². The maximum absolute atomic E-state index is 3.38. The molecule has 0 radical (unpaired) electrons. The molecule has 0 unspecified atom stereocenters. The van der Waals surface area contributed by atoms with E-state index in [0.29, 0.717) is 15.0 Å². The minimum atomic E-state index is 0.466. The van der Waals surface area contributed by atoms with Crippen molar-refractivity contribution in [2.24, 2.45) is 0 Å². The molecule has 2 aromatic carbocycles. The fraction of sp³-hybridized carbons (Fsp3) is 0.200. The normalized spacial score (nSPS) is 10.8. The molecule has 2 rings (SSSR count). The van der Waals surface area contributed by atoms with Gasteiger partial charge in [0.2, 0.25) is 0 Å². The molecular formula is C20H20Se. The van der Waals surface area contributed by atoms with Gasteiger partial charge in [0.15, 0.2) is 0 Å². The second-order valence-electron chi connectivity index (χ2n) is 4.74. The predicted octanol–water partition coefficient (Wildman–Crippen LogP) is 5.00. The maximum atomic E-state index is 3.38. The third-order valence-electron chi connectivity index (χ3n) is 2.96. The summed E-state index contributed by atoms with van der Waals surface area (Å²) in [6, 6.07) is 20.7. The van der Waals surface area contributed by atoms with Crippen LogP contribution in [-0.4, -0.2) is 15.0 Å². The van der Waals surface area contributed by atoms with E-state index in [9.17, 15) is 0 Å². The molecule has 2 aromatic rings. The summed E-state index contributed by atoms with van der Waals surface area (Å²) in [4.78, 5) is 0. The molecule has 0 bridgehead atoms. The number of hydrogen-bond acceptors (Lipinski definition) is 0. The molecule has 0 atom stereocenters. The van der Waals surface area contributed by atoms with Crippen molar-refractivity contribution in [3.63, 3.8) is 0 Å².